The molecule has 1 saturated heterocycles. The molecule has 1 fully saturated rings. The molecule has 1 atom stereocenters. The molecule has 2 heterocycles. The normalized spacial score (nSPS) is 16.8. The number of amides is 2. The number of nitriles is 1. The number of hydrogen-bond acceptors (Lipinski definition) is 4. The maximum Gasteiger partial charge on any atom is 0.268 e. The van der Waals surface area contributed by atoms with E-state index in [0.717, 1.165) is 21.6 Å². The molecule has 1 aromatic heterocycles. The lowest BCUT2D eigenvalue weighted by Crippen LogP contribution is -2.42. The van der Waals surface area contributed by atoms with E-state index >= 15 is 0 Å². The van der Waals surface area contributed by atoms with Gasteiger partial charge in [-0.1, -0.05) is 48.0 Å². The Balaban J connectivity index is 1.32. The summed E-state index contributed by atoms with van der Waals surface area (Å²) in [4.78, 5) is 25.4. The molecule has 1 N–H and O–H groups in total. The summed E-state index contributed by atoms with van der Waals surface area (Å²) in [5.74, 6) is -4.39. The number of rotatable bonds is 6. The van der Waals surface area contributed by atoms with E-state index in [1.165, 1.54) is 12.4 Å². The Morgan fingerprint density at radius 2 is 1.79 bits per heavy atom. The van der Waals surface area contributed by atoms with Gasteiger partial charge in [0.15, 0.2) is 0 Å². The van der Waals surface area contributed by atoms with E-state index in [1.54, 1.807) is 10.8 Å². The average Bonchev–Trinajstić information content (AvgIpc) is 3.42. The van der Waals surface area contributed by atoms with Gasteiger partial charge < -0.3 is 10.2 Å². The summed E-state index contributed by atoms with van der Waals surface area (Å²) in [6.45, 7) is -0.876. The van der Waals surface area contributed by atoms with Gasteiger partial charge in [-0.3, -0.25) is 14.3 Å². The smallest absolute Gasteiger partial charge is 0.268 e. The third-order valence-corrected chi connectivity index (χ3v) is 5.76. The average molecular weight is 484 g/mol. The molecule has 0 radical (unpaired) electrons. The van der Waals surface area contributed by atoms with E-state index in [4.69, 9.17) is 16.9 Å². The van der Waals surface area contributed by atoms with Gasteiger partial charge in [0.2, 0.25) is 5.91 Å². The van der Waals surface area contributed by atoms with Crippen LogP contribution >= 0.6 is 11.6 Å². The Morgan fingerprint density at radius 3 is 2.44 bits per heavy atom. The highest BCUT2D eigenvalue weighted by Gasteiger charge is 2.47. The molecule has 3 aromatic rings. The Morgan fingerprint density at radius 1 is 1.15 bits per heavy atom. The zero-order valence-electron chi connectivity index (χ0n) is 17.9. The van der Waals surface area contributed by atoms with Crippen molar-refractivity contribution in [3.8, 4) is 17.2 Å². The molecule has 34 heavy (non-hydrogen) atoms. The minimum atomic E-state index is -3.10. The van der Waals surface area contributed by atoms with Gasteiger partial charge in [-0.05, 0) is 28.8 Å². The number of likely N-dealkylation sites (tertiary alicyclic amines) is 1. The number of nitrogens with one attached hydrogen (secondary N) is 1. The fraction of sp³-hybridized carbons (Fsp3) is 0.250. The molecule has 0 spiro atoms. The molecule has 0 bridgehead atoms. The van der Waals surface area contributed by atoms with Crippen molar-refractivity contribution in [2.24, 2.45) is 0 Å². The Labute approximate surface area is 199 Å². The number of aromatic nitrogens is 2. The third-order valence-electron chi connectivity index (χ3n) is 5.51. The SMILES string of the molecule is N#C[C@@H]1CC(F)(F)CN1C(=O)CNC(=O)c1cnn(Cc2ccc(-c3ccc(Cl)cc3)cc2)c1. The molecule has 0 aliphatic carbocycles. The Hall–Kier alpha value is -3.77. The first-order valence-corrected chi connectivity index (χ1v) is 10.8. The van der Waals surface area contributed by atoms with Crippen molar-refractivity contribution < 1.29 is 18.4 Å². The fourth-order valence-electron chi connectivity index (χ4n) is 3.75. The number of carbonyl (C=O) groups excluding carboxylic acids is 2. The standard InChI is InChI=1S/C24H20ClF2N5O2/c25-20-7-5-18(6-8-20)17-3-1-16(2-4-17)13-31-14-19(11-30-31)23(34)29-12-22(33)32-15-24(26,27)9-21(32)10-28/h1-8,11,14,21H,9,12-13,15H2,(H,29,34)/t21-/m0/s1. The van der Waals surface area contributed by atoms with Gasteiger partial charge >= 0.3 is 0 Å². The maximum atomic E-state index is 13.5. The summed E-state index contributed by atoms with van der Waals surface area (Å²) >= 11 is 5.93. The highest BCUT2D eigenvalue weighted by atomic mass is 35.5. The van der Waals surface area contributed by atoms with E-state index in [1.807, 2.05) is 48.5 Å². The quantitative estimate of drug-likeness (QED) is 0.578. The van der Waals surface area contributed by atoms with Gasteiger partial charge in [0.25, 0.3) is 11.8 Å². The predicted molar refractivity (Wildman–Crippen MR) is 121 cm³/mol. The van der Waals surface area contributed by atoms with Crippen LogP contribution in [0, 0.1) is 11.3 Å². The third kappa shape index (κ3) is 5.41. The van der Waals surface area contributed by atoms with Gasteiger partial charge in [-0.2, -0.15) is 10.4 Å². The highest BCUT2D eigenvalue weighted by molar-refractivity contribution is 6.30. The molecule has 7 nitrogen and oxygen atoms in total. The van der Waals surface area contributed by atoms with Gasteiger partial charge in [0.05, 0.1) is 37.5 Å². The van der Waals surface area contributed by atoms with E-state index < -0.39 is 43.3 Å². The largest absolute Gasteiger partial charge is 0.343 e. The van der Waals surface area contributed by atoms with Crippen LogP contribution in [-0.4, -0.2) is 51.5 Å². The van der Waals surface area contributed by atoms with E-state index in [0.29, 0.717) is 11.6 Å². The molecule has 10 heteroatoms. The summed E-state index contributed by atoms with van der Waals surface area (Å²) in [5.41, 5.74) is 3.29. The van der Waals surface area contributed by atoms with Crippen LogP contribution in [0.25, 0.3) is 11.1 Å². The maximum absolute atomic E-state index is 13.5. The highest BCUT2D eigenvalue weighted by Crippen LogP contribution is 2.31. The minimum Gasteiger partial charge on any atom is -0.343 e. The van der Waals surface area contributed by atoms with Crippen molar-refractivity contribution >= 4 is 23.4 Å². The topological polar surface area (TPSA) is 91.0 Å². The second-order valence-electron chi connectivity index (χ2n) is 8.04. The van der Waals surface area contributed by atoms with Crippen molar-refractivity contribution in [3.63, 3.8) is 0 Å². The van der Waals surface area contributed by atoms with Crippen LogP contribution in [0.4, 0.5) is 8.78 Å². The van der Waals surface area contributed by atoms with Gasteiger partial charge in [0, 0.05) is 17.6 Å². The van der Waals surface area contributed by atoms with Gasteiger partial charge in [-0.15, -0.1) is 0 Å². The number of alkyl halides is 2. The number of halogens is 3. The first kappa shape index (κ1) is 23.4. The molecule has 2 aromatic carbocycles. The molecule has 1 aliphatic heterocycles. The summed E-state index contributed by atoms with van der Waals surface area (Å²) in [7, 11) is 0. The lowest BCUT2D eigenvalue weighted by atomic mass is 10.0. The van der Waals surface area contributed by atoms with Crippen molar-refractivity contribution in [2.45, 2.75) is 24.9 Å². The molecular formula is C24H20ClF2N5O2. The Bertz CT molecular complexity index is 1240. The van der Waals surface area contributed by atoms with Crippen LogP contribution < -0.4 is 5.32 Å². The molecule has 0 unspecified atom stereocenters. The monoisotopic (exact) mass is 483 g/mol. The zero-order chi connectivity index (χ0) is 24.3. The van der Waals surface area contributed by atoms with Crippen LogP contribution in [-0.2, 0) is 11.3 Å². The van der Waals surface area contributed by atoms with Crippen molar-refractivity contribution in [1.82, 2.24) is 20.0 Å². The van der Waals surface area contributed by atoms with Crippen LogP contribution in [0.5, 0.6) is 0 Å². The lowest BCUT2D eigenvalue weighted by molar-refractivity contribution is -0.131. The number of nitrogens with zero attached hydrogens (tertiary/aromatic N) is 4. The lowest BCUT2D eigenvalue weighted by Gasteiger charge is -2.19. The molecule has 4 rings (SSSR count). The first-order chi connectivity index (χ1) is 16.2. The molecule has 0 saturated carbocycles. The van der Waals surface area contributed by atoms with Crippen LogP contribution in [0.15, 0.2) is 60.9 Å². The van der Waals surface area contributed by atoms with Crippen LogP contribution in [0.3, 0.4) is 0 Å². The number of benzene rings is 2. The predicted octanol–water partition coefficient (Wildman–Crippen LogP) is 3.74. The minimum absolute atomic E-state index is 0.231. The molecular weight excluding hydrogens is 464 g/mol. The van der Waals surface area contributed by atoms with Crippen molar-refractivity contribution in [1.29, 1.82) is 5.26 Å². The second-order valence-corrected chi connectivity index (χ2v) is 8.48. The molecule has 1 aliphatic rings. The second kappa shape index (κ2) is 9.61. The van der Waals surface area contributed by atoms with E-state index in [9.17, 15) is 18.4 Å². The summed E-state index contributed by atoms with van der Waals surface area (Å²) < 4.78 is 28.6. The molecule has 174 valence electrons. The Kier molecular flexibility index (Phi) is 6.61. The molecule has 2 amide bonds. The van der Waals surface area contributed by atoms with Crippen LogP contribution in [0.1, 0.15) is 22.3 Å². The van der Waals surface area contributed by atoms with Crippen molar-refractivity contribution in [2.75, 3.05) is 13.1 Å². The van der Waals surface area contributed by atoms with Crippen molar-refractivity contribution in [3.05, 3.63) is 77.1 Å². The number of hydrogen-bond donors (Lipinski definition) is 1. The fourth-order valence-corrected chi connectivity index (χ4v) is 3.88. The zero-order valence-corrected chi connectivity index (χ0v) is 18.7. The summed E-state index contributed by atoms with van der Waals surface area (Å²) in [6, 6.07) is 15.9. The summed E-state index contributed by atoms with van der Waals surface area (Å²) in [5, 5.41) is 16.3. The van der Waals surface area contributed by atoms with E-state index in [2.05, 4.69) is 10.4 Å². The number of carbonyl (C=O) groups is 2. The summed E-state index contributed by atoms with van der Waals surface area (Å²) in [6.07, 6.45) is 2.20. The first-order valence-electron chi connectivity index (χ1n) is 10.5. The van der Waals surface area contributed by atoms with Gasteiger partial charge in [0.1, 0.15) is 6.04 Å². The van der Waals surface area contributed by atoms with E-state index in [-0.39, 0.29) is 5.56 Å². The van der Waals surface area contributed by atoms with Crippen LogP contribution in [0.2, 0.25) is 5.02 Å². The van der Waals surface area contributed by atoms with Gasteiger partial charge in [-0.25, -0.2) is 8.78 Å².